The molecule has 1 heterocycles. The predicted molar refractivity (Wildman–Crippen MR) is 80.5 cm³/mol. The SMILES string of the molecule is CC1(C)CC(=O)C2=C(C1)NC1=C(C2)C(=O)c2ccccc21. The van der Waals surface area contributed by atoms with Gasteiger partial charge in [0, 0.05) is 40.8 Å². The van der Waals surface area contributed by atoms with Gasteiger partial charge in [-0.1, -0.05) is 38.1 Å². The van der Waals surface area contributed by atoms with Crippen molar-refractivity contribution in [1.82, 2.24) is 5.32 Å². The van der Waals surface area contributed by atoms with E-state index in [4.69, 9.17) is 0 Å². The third-order valence-electron chi connectivity index (χ3n) is 4.64. The van der Waals surface area contributed by atoms with Crippen molar-refractivity contribution in [3.63, 3.8) is 0 Å². The number of hydrogen-bond acceptors (Lipinski definition) is 3. The lowest BCUT2D eigenvalue weighted by molar-refractivity contribution is -0.118. The number of carbonyl (C=O) groups excluding carboxylic acids is 2. The Labute approximate surface area is 123 Å². The van der Waals surface area contributed by atoms with Crippen molar-refractivity contribution >= 4 is 17.3 Å². The molecule has 1 aliphatic heterocycles. The maximum atomic E-state index is 12.5. The van der Waals surface area contributed by atoms with Gasteiger partial charge in [0.15, 0.2) is 11.6 Å². The van der Waals surface area contributed by atoms with Gasteiger partial charge >= 0.3 is 0 Å². The number of rotatable bonds is 0. The highest BCUT2D eigenvalue weighted by atomic mass is 16.1. The lowest BCUT2D eigenvalue weighted by atomic mass is 9.73. The van der Waals surface area contributed by atoms with Crippen LogP contribution in [-0.4, -0.2) is 11.6 Å². The Kier molecular flexibility index (Phi) is 2.36. The monoisotopic (exact) mass is 279 g/mol. The van der Waals surface area contributed by atoms with Gasteiger partial charge < -0.3 is 5.32 Å². The lowest BCUT2D eigenvalue weighted by Crippen LogP contribution is -2.33. The fraction of sp³-hybridized carbons (Fsp3) is 0.333. The number of fused-ring (bicyclic) bond motifs is 2. The molecule has 0 radical (unpaired) electrons. The van der Waals surface area contributed by atoms with E-state index in [1.807, 2.05) is 24.3 Å². The van der Waals surface area contributed by atoms with Crippen LogP contribution in [0.2, 0.25) is 0 Å². The second-order valence-corrected chi connectivity index (χ2v) is 6.93. The first-order chi connectivity index (χ1) is 9.96. The smallest absolute Gasteiger partial charge is 0.192 e. The van der Waals surface area contributed by atoms with Gasteiger partial charge in [-0.25, -0.2) is 0 Å². The summed E-state index contributed by atoms with van der Waals surface area (Å²) in [5, 5.41) is 3.41. The fourth-order valence-electron chi connectivity index (χ4n) is 3.66. The van der Waals surface area contributed by atoms with E-state index in [0.29, 0.717) is 12.8 Å². The van der Waals surface area contributed by atoms with E-state index in [0.717, 1.165) is 40.1 Å². The first kappa shape index (κ1) is 12.6. The van der Waals surface area contributed by atoms with Crippen LogP contribution in [0.5, 0.6) is 0 Å². The fourth-order valence-corrected chi connectivity index (χ4v) is 3.66. The zero-order valence-electron chi connectivity index (χ0n) is 12.2. The van der Waals surface area contributed by atoms with Gasteiger partial charge in [-0.05, 0) is 11.8 Å². The largest absolute Gasteiger partial charge is 0.358 e. The van der Waals surface area contributed by atoms with Gasteiger partial charge in [-0.2, -0.15) is 0 Å². The summed E-state index contributed by atoms with van der Waals surface area (Å²) in [5.74, 6) is 0.251. The highest BCUT2D eigenvalue weighted by Crippen LogP contribution is 2.44. The van der Waals surface area contributed by atoms with Crippen LogP contribution >= 0.6 is 0 Å². The number of benzene rings is 1. The third kappa shape index (κ3) is 1.73. The van der Waals surface area contributed by atoms with Gasteiger partial charge in [0.2, 0.25) is 0 Å². The minimum Gasteiger partial charge on any atom is -0.358 e. The Hall–Kier alpha value is -2.16. The molecule has 0 fully saturated rings. The summed E-state index contributed by atoms with van der Waals surface area (Å²) in [4.78, 5) is 24.9. The van der Waals surface area contributed by atoms with Crippen molar-refractivity contribution in [1.29, 1.82) is 0 Å². The summed E-state index contributed by atoms with van der Waals surface area (Å²) in [6, 6.07) is 7.67. The van der Waals surface area contributed by atoms with Crippen molar-refractivity contribution in [3.05, 3.63) is 52.2 Å². The molecule has 2 aliphatic carbocycles. The Bertz CT molecular complexity index is 765. The Morgan fingerprint density at radius 2 is 1.71 bits per heavy atom. The zero-order valence-corrected chi connectivity index (χ0v) is 12.2. The standard InChI is InChI=1S/C18H17NO2/c1-18(2)8-14-12(15(20)9-18)7-13-16(19-14)10-5-3-4-6-11(10)17(13)21/h3-6,19H,7-9H2,1-2H3. The van der Waals surface area contributed by atoms with Crippen molar-refractivity contribution < 1.29 is 9.59 Å². The summed E-state index contributed by atoms with van der Waals surface area (Å²) in [5.41, 5.74) is 5.21. The average Bonchev–Trinajstić information content (AvgIpc) is 2.70. The van der Waals surface area contributed by atoms with Crippen LogP contribution in [0.15, 0.2) is 41.1 Å². The molecule has 0 unspecified atom stereocenters. The molecular weight excluding hydrogens is 262 g/mol. The molecule has 3 nitrogen and oxygen atoms in total. The van der Waals surface area contributed by atoms with Gasteiger partial charge in [0.25, 0.3) is 0 Å². The highest BCUT2D eigenvalue weighted by Gasteiger charge is 2.40. The normalized spacial score (nSPS) is 22.8. The van der Waals surface area contributed by atoms with E-state index in [-0.39, 0.29) is 17.0 Å². The molecule has 0 spiro atoms. The predicted octanol–water partition coefficient (Wildman–Crippen LogP) is 3.23. The number of nitrogens with one attached hydrogen (secondary N) is 1. The number of Topliss-reactive ketones (excluding diaryl/α,β-unsaturated/α-hetero) is 2. The molecule has 106 valence electrons. The van der Waals surface area contributed by atoms with Crippen molar-refractivity contribution in [2.45, 2.75) is 33.1 Å². The van der Waals surface area contributed by atoms with E-state index in [1.165, 1.54) is 0 Å². The van der Waals surface area contributed by atoms with E-state index in [1.54, 1.807) is 0 Å². The topological polar surface area (TPSA) is 46.2 Å². The first-order valence-corrected chi connectivity index (χ1v) is 7.36. The maximum absolute atomic E-state index is 12.5. The van der Waals surface area contributed by atoms with Crippen molar-refractivity contribution in [3.8, 4) is 0 Å². The molecule has 0 amide bonds. The van der Waals surface area contributed by atoms with Crippen molar-refractivity contribution in [2.24, 2.45) is 5.41 Å². The first-order valence-electron chi connectivity index (χ1n) is 7.36. The van der Waals surface area contributed by atoms with Gasteiger partial charge in [-0.3, -0.25) is 9.59 Å². The molecule has 3 aliphatic rings. The van der Waals surface area contributed by atoms with E-state index in [9.17, 15) is 9.59 Å². The summed E-state index contributed by atoms with van der Waals surface area (Å²) >= 11 is 0. The van der Waals surface area contributed by atoms with Crippen LogP contribution in [-0.2, 0) is 4.79 Å². The quantitative estimate of drug-likeness (QED) is 0.793. The molecule has 0 bridgehead atoms. The molecule has 1 N–H and O–H groups in total. The van der Waals surface area contributed by atoms with E-state index >= 15 is 0 Å². The van der Waals surface area contributed by atoms with Gasteiger partial charge in [-0.15, -0.1) is 0 Å². The Balaban J connectivity index is 1.79. The number of hydrogen-bond donors (Lipinski definition) is 1. The molecule has 1 aromatic carbocycles. The molecule has 0 saturated heterocycles. The lowest BCUT2D eigenvalue weighted by Gasteiger charge is -2.35. The molecule has 3 heteroatoms. The van der Waals surface area contributed by atoms with Crippen LogP contribution in [0.4, 0.5) is 0 Å². The molecule has 1 aromatic rings. The molecule has 4 rings (SSSR count). The minimum absolute atomic E-state index is 0.0108. The van der Waals surface area contributed by atoms with Crippen LogP contribution in [0.3, 0.4) is 0 Å². The summed E-state index contributed by atoms with van der Waals surface area (Å²) in [6.07, 6.45) is 1.92. The summed E-state index contributed by atoms with van der Waals surface area (Å²) in [7, 11) is 0. The molecule has 21 heavy (non-hydrogen) atoms. The second kappa shape index (κ2) is 3.94. The maximum Gasteiger partial charge on any atom is 0.192 e. The molecule has 0 aromatic heterocycles. The molecule has 0 atom stereocenters. The second-order valence-electron chi connectivity index (χ2n) is 6.93. The zero-order chi connectivity index (χ0) is 14.8. The molecule has 0 saturated carbocycles. The highest BCUT2D eigenvalue weighted by molar-refractivity contribution is 6.22. The van der Waals surface area contributed by atoms with Crippen LogP contribution < -0.4 is 5.32 Å². The van der Waals surface area contributed by atoms with Gasteiger partial charge in [0.05, 0.1) is 5.70 Å². The number of ketones is 2. The molecular formula is C18H17NO2. The Morgan fingerprint density at radius 3 is 2.48 bits per heavy atom. The number of dihydropyridines is 1. The van der Waals surface area contributed by atoms with Gasteiger partial charge in [0.1, 0.15) is 0 Å². The average molecular weight is 279 g/mol. The minimum atomic E-state index is -0.0108. The van der Waals surface area contributed by atoms with E-state index in [2.05, 4.69) is 19.2 Å². The summed E-state index contributed by atoms with van der Waals surface area (Å²) < 4.78 is 0. The third-order valence-corrected chi connectivity index (χ3v) is 4.64. The number of allylic oxidation sites excluding steroid dienone is 3. The number of carbonyl (C=O) groups is 2. The Morgan fingerprint density at radius 1 is 1.00 bits per heavy atom. The van der Waals surface area contributed by atoms with Crippen LogP contribution in [0.25, 0.3) is 5.70 Å². The van der Waals surface area contributed by atoms with Crippen molar-refractivity contribution in [2.75, 3.05) is 0 Å². The van der Waals surface area contributed by atoms with E-state index < -0.39 is 0 Å². The summed E-state index contributed by atoms with van der Waals surface area (Å²) in [6.45, 7) is 4.24. The van der Waals surface area contributed by atoms with Crippen LogP contribution in [0, 0.1) is 5.41 Å². The van der Waals surface area contributed by atoms with Crippen LogP contribution in [0.1, 0.15) is 49.0 Å².